The number of rotatable bonds is 3. The highest BCUT2D eigenvalue weighted by atomic mass is 32.1. The number of anilines is 1. The van der Waals surface area contributed by atoms with Crippen LogP contribution in [0.4, 0.5) is 5.82 Å². The fraction of sp³-hybridized carbons (Fsp3) is 0.188. The molecule has 0 aliphatic rings. The summed E-state index contributed by atoms with van der Waals surface area (Å²) in [5.41, 5.74) is 2.40. The van der Waals surface area contributed by atoms with Gasteiger partial charge in [0.1, 0.15) is 5.82 Å². The number of benzene rings is 1. The van der Waals surface area contributed by atoms with Crippen LogP contribution in [0.5, 0.6) is 0 Å². The minimum absolute atomic E-state index is 0.838. The molecule has 0 unspecified atom stereocenters. The zero-order chi connectivity index (χ0) is 13.2. The van der Waals surface area contributed by atoms with E-state index in [1.807, 2.05) is 35.6 Å². The quantitative estimate of drug-likeness (QED) is 0.755. The number of hydrogen-bond donors (Lipinski definition) is 1. The minimum atomic E-state index is 0.838. The standard InChI is InChI=1S/C16H16N2S/c1-11-9-14(19-12(11)2)10-17-16-8-7-13-5-3-4-6-15(13)18-16/h3-9H,10H2,1-2H3,(H,17,18). The smallest absolute Gasteiger partial charge is 0.126 e. The van der Waals surface area contributed by atoms with Gasteiger partial charge in [0.15, 0.2) is 0 Å². The Morgan fingerprint density at radius 3 is 2.74 bits per heavy atom. The molecule has 2 aromatic heterocycles. The summed E-state index contributed by atoms with van der Waals surface area (Å²) < 4.78 is 0. The lowest BCUT2D eigenvalue weighted by atomic mass is 10.2. The highest BCUT2D eigenvalue weighted by Crippen LogP contribution is 2.22. The highest BCUT2D eigenvalue weighted by molar-refractivity contribution is 7.12. The second-order valence-corrected chi connectivity index (χ2v) is 6.04. The van der Waals surface area contributed by atoms with E-state index in [1.165, 1.54) is 20.7 Å². The van der Waals surface area contributed by atoms with Crippen molar-refractivity contribution < 1.29 is 0 Å². The molecule has 0 radical (unpaired) electrons. The number of fused-ring (bicyclic) bond motifs is 1. The van der Waals surface area contributed by atoms with E-state index >= 15 is 0 Å². The van der Waals surface area contributed by atoms with E-state index in [-0.39, 0.29) is 0 Å². The summed E-state index contributed by atoms with van der Waals surface area (Å²) in [6, 6.07) is 14.6. The Morgan fingerprint density at radius 2 is 1.95 bits per heavy atom. The van der Waals surface area contributed by atoms with Crippen LogP contribution >= 0.6 is 11.3 Å². The average Bonchev–Trinajstić information content (AvgIpc) is 2.75. The van der Waals surface area contributed by atoms with Gasteiger partial charge in [0.2, 0.25) is 0 Å². The molecule has 19 heavy (non-hydrogen) atoms. The highest BCUT2D eigenvalue weighted by Gasteiger charge is 2.02. The summed E-state index contributed by atoms with van der Waals surface area (Å²) in [7, 11) is 0. The van der Waals surface area contributed by atoms with E-state index in [1.54, 1.807) is 0 Å². The summed E-state index contributed by atoms with van der Waals surface area (Å²) in [6.07, 6.45) is 0. The first-order valence-electron chi connectivity index (χ1n) is 6.38. The molecule has 1 N–H and O–H groups in total. The minimum Gasteiger partial charge on any atom is -0.365 e. The lowest BCUT2D eigenvalue weighted by Crippen LogP contribution is -1.99. The molecule has 0 aliphatic heterocycles. The van der Waals surface area contributed by atoms with Crippen molar-refractivity contribution in [3.8, 4) is 0 Å². The van der Waals surface area contributed by atoms with Gasteiger partial charge in [0, 0.05) is 15.1 Å². The van der Waals surface area contributed by atoms with Gasteiger partial charge in [-0.15, -0.1) is 11.3 Å². The second kappa shape index (κ2) is 5.02. The molecule has 0 fully saturated rings. The van der Waals surface area contributed by atoms with E-state index in [9.17, 15) is 0 Å². The van der Waals surface area contributed by atoms with Gasteiger partial charge >= 0.3 is 0 Å². The second-order valence-electron chi connectivity index (χ2n) is 4.69. The van der Waals surface area contributed by atoms with Crippen LogP contribution in [-0.2, 0) is 6.54 Å². The van der Waals surface area contributed by atoms with Crippen LogP contribution in [0.2, 0.25) is 0 Å². The largest absolute Gasteiger partial charge is 0.365 e. The molecule has 2 nitrogen and oxygen atoms in total. The maximum absolute atomic E-state index is 4.61. The third kappa shape index (κ3) is 2.61. The molecule has 0 saturated heterocycles. The Hall–Kier alpha value is -1.87. The maximum atomic E-state index is 4.61. The first-order chi connectivity index (χ1) is 9.22. The number of pyridine rings is 1. The molecule has 0 amide bonds. The third-order valence-electron chi connectivity index (χ3n) is 3.26. The number of thiophene rings is 1. The average molecular weight is 268 g/mol. The van der Waals surface area contributed by atoms with Crippen molar-refractivity contribution >= 4 is 28.1 Å². The molecule has 1 aromatic carbocycles. The number of aryl methyl sites for hydroxylation is 2. The number of nitrogens with zero attached hydrogens (tertiary/aromatic N) is 1. The Kier molecular flexibility index (Phi) is 3.22. The molecule has 0 saturated carbocycles. The van der Waals surface area contributed by atoms with Gasteiger partial charge < -0.3 is 5.32 Å². The van der Waals surface area contributed by atoms with Crippen LogP contribution < -0.4 is 5.32 Å². The topological polar surface area (TPSA) is 24.9 Å². The number of aromatic nitrogens is 1. The van der Waals surface area contributed by atoms with Crippen molar-refractivity contribution in [2.24, 2.45) is 0 Å². The summed E-state index contributed by atoms with van der Waals surface area (Å²) in [6.45, 7) is 5.16. The predicted molar refractivity (Wildman–Crippen MR) is 82.9 cm³/mol. The summed E-state index contributed by atoms with van der Waals surface area (Å²) >= 11 is 1.85. The van der Waals surface area contributed by atoms with Crippen molar-refractivity contribution in [3.63, 3.8) is 0 Å². The Labute approximate surface area is 117 Å². The maximum Gasteiger partial charge on any atom is 0.126 e. The van der Waals surface area contributed by atoms with Crippen molar-refractivity contribution in [1.29, 1.82) is 0 Å². The van der Waals surface area contributed by atoms with Crippen molar-refractivity contribution in [2.75, 3.05) is 5.32 Å². The van der Waals surface area contributed by atoms with E-state index in [2.05, 4.69) is 42.3 Å². The summed E-state index contributed by atoms with van der Waals surface area (Å²) in [5, 5.41) is 4.57. The van der Waals surface area contributed by atoms with E-state index in [0.717, 1.165) is 17.9 Å². The number of hydrogen-bond acceptors (Lipinski definition) is 3. The van der Waals surface area contributed by atoms with Crippen LogP contribution in [0, 0.1) is 13.8 Å². The molecule has 3 heteroatoms. The fourth-order valence-corrected chi connectivity index (χ4v) is 3.07. The molecule has 3 rings (SSSR count). The van der Waals surface area contributed by atoms with Crippen LogP contribution in [0.3, 0.4) is 0 Å². The van der Waals surface area contributed by atoms with Crippen LogP contribution in [0.1, 0.15) is 15.3 Å². The van der Waals surface area contributed by atoms with Crippen LogP contribution in [0.15, 0.2) is 42.5 Å². The Bertz CT molecular complexity index is 696. The molecule has 0 aliphatic carbocycles. The van der Waals surface area contributed by atoms with Crippen molar-refractivity contribution in [2.45, 2.75) is 20.4 Å². The lowest BCUT2D eigenvalue weighted by molar-refractivity contribution is 1.15. The Balaban J connectivity index is 1.78. The van der Waals surface area contributed by atoms with E-state index in [0.29, 0.717) is 0 Å². The van der Waals surface area contributed by atoms with Gasteiger partial charge in [-0.3, -0.25) is 0 Å². The van der Waals surface area contributed by atoms with Crippen molar-refractivity contribution in [3.05, 3.63) is 57.8 Å². The lowest BCUT2D eigenvalue weighted by Gasteiger charge is -2.05. The zero-order valence-electron chi connectivity index (χ0n) is 11.1. The van der Waals surface area contributed by atoms with E-state index < -0.39 is 0 Å². The molecular formula is C16H16N2S. The van der Waals surface area contributed by atoms with E-state index in [4.69, 9.17) is 0 Å². The summed E-state index contributed by atoms with van der Waals surface area (Å²) in [5.74, 6) is 0.933. The van der Waals surface area contributed by atoms with Gasteiger partial charge in [-0.05, 0) is 43.7 Å². The predicted octanol–water partition coefficient (Wildman–Crippen LogP) is 4.53. The van der Waals surface area contributed by atoms with Gasteiger partial charge in [-0.25, -0.2) is 4.98 Å². The number of para-hydroxylation sites is 1. The van der Waals surface area contributed by atoms with Gasteiger partial charge in [0.05, 0.1) is 12.1 Å². The SMILES string of the molecule is Cc1cc(CNc2ccc3ccccc3n2)sc1C. The molecular weight excluding hydrogens is 252 g/mol. The summed E-state index contributed by atoms with van der Waals surface area (Å²) in [4.78, 5) is 7.36. The van der Waals surface area contributed by atoms with Gasteiger partial charge in [0.25, 0.3) is 0 Å². The number of nitrogens with one attached hydrogen (secondary N) is 1. The molecule has 2 heterocycles. The van der Waals surface area contributed by atoms with Crippen molar-refractivity contribution in [1.82, 2.24) is 4.98 Å². The first kappa shape index (κ1) is 12.2. The third-order valence-corrected chi connectivity index (χ3v) is 4.41. The molecule has 3 aromatic rings. The normalized spacial score (nSPS) is 10.8. The molecule has 96 valence electrons. The van der Waals surface area contributed by atoms with Gasteiger partial charge in [-0.1, -0.05) is 18.2 Å². The molecule has 0 spiro atoms. The van der Waals surface area contributed by atoms with Crippen LogP contribution in [-0.4, -0.2) is 4.98 Å². The molecule has 0 bridgehead atoms. The van der Waals surface area contributed by atoms with Crippen LogP contribution in [0.25, 0.3) is 10.9 Å². The Morgan fingerprint density at radius 1 is 1.11 bits per heavy atom. The monoisotopic (exact) mass is 268 g/mol. The zero-order valence-corrected chi connectivity index (χ0v) is 11.9. The molecule has 0 atom stereocenters. The first-order valence-corrected chi connectivity index (χ1v) is 7.19. The fourth-order valence-electron chi connectivity index (χ4n) is 2.08. The van der Waals surface area contributed by atoms with Gasteiger partial charge in [-0.2, -0.15) is 0 Å².